The second-order valence-corrected chi connectivity index (χ2v) is 15.9. The Hall–Kier alpha value is -5.66. The summed E-state index contributed by atoms with van der Waals surface area (Å²) < 4.78 is 0. The molecule has 0 spiro atoms. The Kier molecular flexibility index (Phi) is 6.18. The lowest BCUT2D eigenvalue weighted by molar-refractivity contribution is 0.661. The summed E-state index contributed by atoms with van der Waals surface area (Å²) in [7, 11) is 0. The van der Waals surface area contributed by atoms with Crippen LogP contribution < -0.4 is 4.90 Å². The van der Waals surface area contributed by atoms with Gasteiger partial charge in [-0.25, -0.2) is 0 Å². The number of hydrogen-bond donors (Lipinski definition) is 0. The first-order valence-corrected chi connectivity index (χ1v) is 18.3. The molecule has 0 atom stereocenters. The quantitative estimate of drug-likeness (QED) is 0.183. The van der Waals surface area contributed by atoms with E-state index in [1.807, 2.05) is 0 Å². The Labute approximate surface area is 300 Å². The minimum atomic E-state index is -0.121. The fourth-order valence-corrected chi connectivity index (χ4v) is 9.85. The van der Waals surface area contributed by atoms with Gasteiger partial charge in [0.25, 0.3) is 0 Å². The van der Waals surface area contributed by atoms with E-state index in [0.29, 0.717) is 0 Å². The number of para-hydroxylation sites is 1. The van der Waals surface area contributed by atoms with E-state index >= 15 is 0 Å². The number of rotatable bonds is 3. The van der Waals surface area contributed by atoms with Gasteiger partial charge in [0.2, 0.25) is 0 Å². The number of benzene rings is 8. The molecule has 51 heavy (non-hydrogen) atoms. The number of anilines is 3. The van der Waals surface area contributed by atoms with Crippen molar-refractivity contribution in [3.05, 3.63) is 173 Å². The summed E-state index contributed by atoms with van der Waals surface area (Å²) in [5.41, 5.74) is 17.0. The van der Waals surface area contributed by atoms with Gasteiger partial charge in [-0.15, -0.1) is 0 Å². The standard InChI is InChI=1S/C50H41N/c1-30-12-11-13-31(2)48(30)51(36-22-26-42-44(29-36)49(3,4)43-27-20-32-14-7-9-16-37(32)45(42)43)35-21-25-39-34(28-35)19-24-41-40-23-18-33-15-8-10-17-38(33)46(40)50(5,6)47(39)41/h7-29H,1-6H3. The van der Waals surface area contributed by atoms with Gasteiger partial charge in [0.1, 0.15) is 0 Å². The highest BCUT2D eigenvalue weighted by atomic mass is 15.1. The summed E-state index contributed by atoms with van der Waals surface area (Å²) in [6.45, 7) is 14.1. The van der Waals surface area contributed by atoms with Gasteiger partial charge in [0, 0.05) is 22.2 Å². The smallest absolute Gasteiger partial charge is 0.0519 e. The van der Waals surface area contributed by atoms with Gasteiger partial charge in [-0.05, 0) is 126 Å². The highest BCUT2D eigenvalue weighted by Gasteiger charge is 2.39. The van der Waals surface area contributed by atoms with E-state index in [4.69, 9.17) is 0 Å². The van der Waals surface area contributed by atoms with Crippen LogP contribution in [0, 0.1) is 13.8 Å². The molecule has 0 N–H and O–H groups in total. The molecule has 1 heteroatoms. The zero-order valence-electron chi connectivity index (χ0n) is 30.2. The van der Waals surface area contributed by atoms with E-state index in [1.54, 1.807) is 0 Å². The molecule has 0 radical (unpaired) electrons. The van der Waals surface area contributed by atoms with Crippen molar-refractivity contribution in [2.24, 2.45) is 0 Å². The van der Waals surface area contributed by atoms with Gasteiger partial charge < -0.3 is 4.90 Å². The fraction of sp³-hybridized carbons (Fsp3) is 0.160. The van der Waals surface area contributed by atoms with Crippen LogP contribution in [0.1, 0.15) is 61.1 Å². The van der Waals surface area contributed by atoms with Crippen molar-refractivity contribution in [2.45, 2.75) is 52.4 Å². The van der Waals surface area contributed by atoms with Crippen molar-refractivity contribution >= 4 is 49.4 Å². The summed E-state index contributed by atoms with van der Waals surface area (Å²) >= 11 is 0. The molecule has 0 saturated heterocycles. The Morgan fingerprint density at radius 3 is 1.69 bits per heavy atom. The first kappa shape index (κ1) is 30.2. The van der Waals surface area contributed by atoms with Crippen molar-refractivity contribution in [1.29, 1.82) is 0 Å². The summed E-state index contributed by atoms with van der Waals surface area (Å²) in [6, 6.07) is 52.7. The third kappa shape index (κ3) is 4.09. The van der Waals surface area contributed by atoms with Crippen LogP contribution in [-0.2, 0) is 10.8 Å². The van der Waals surface area contributed by atoms with E-state index in [1.165, 1.54) is 105 Å². The second-order valence-electron chi connectivity index (χ2n) is 15.9. The molecule has 0 heterocycles. The Morgan fingerprint density at radius 1 is 0.412 bits per heavy atom. The lowest BCUT2D eigenvalue weighted by atomic mass is 9.78. The van der Waals surface area contributed by atoms with E-state index in [2.05, 4.69) is 186 Å². The average Bonchev–Trinajstić information content (AvgIpc) is 3.52. The van der Waals surface area contributed by atoms with Crippen molar-refractivity contribution in [1.82, 2.24) is 0 Å². The van der Waals surface area contributed by atoms with Gasteiger partial charge >= 0.3 is 0 Å². The van der Waals surface area contributed by atoms with E-state index in [0.717, 1.165) is 0 Å². The van der Waals surface area contributed by atoms with Crippen LogP contribution in [0.25, 0.3) is 54.6 Å². The Morgan fingerprint density at radius 2 is 0.961 bits per heavy atom. The third-order valence-corrected chi connectivity index (χ3v) is 12.2. The molecule has 8 aromatic rings. The van der Waals surface area contributed by atoms with E-state index in [-0.39, 0.29) is 10.8 Å². The van der Waals surface area contributed by atoms with Crippen LogP contribution in [0.2, 0.25) is 0 Å². The largest absolute Gasteiger partial charge is 0.310 e. The molecular formula is C50H41N. The molecule has 0 fully saturated rings. The Balaban J connectivity index is 1.17. The van der Waals surface area contributed by atoms with Crippen molar-refractivity contribution in [3.8, 4) is 22.3 Å². The van der Waals surface area contributed by atoms with Gasteiger partial charge in [0.15, 0.2) is 0 Å². The van der Waals surface area contributed by atoms with Crippen LogP contribution in [0.3, 0.4) is 0 Å². The average molecular weight is 656 g/mol. The molecule has 0 aromatic heterocycles. The zero-order valence-corrected chi connectivity index (χ0v) is 30.2. The molecule has 2 aliphatic rings. The van der Waals surface area contributed by atoms with Crippen LogP contribution in [0.15, 0.2) is 140 Å². The molecule has 0 unspecified atom stereocenters. The topological polar surface area (TPSA) is 3.24 Å². The maximum Gasteiger partial charge on any atom is 0.0519 e. The molecule has 8 aromatic carbocycles. The number of hydrogen-bond acceptors (Lipinski definition) is 1. The van der Waals surface area contributed by atoms with Gasteiger partial charge in [-0.1, -0.05) is 143 Å². The summed E-state index contributed by atoms with van der Waals surface area (Å²) in [6.07, 6.45) is 0. The monoisotopic (exact) mass is 655 g/mol. The maximum atomic E-state index is 2.50. The van der Waals surface area contributed by atoms with Gasteiger partial charge in [0.05, 0.1) is 5.69 Å². The number of fused-ring (bicyclic) bond motifs is 12. The minimum absolute atomic E-state index is 0.119. The van der Waals surface area contributed by atoms with Crippen LogP contribution in [0.4, 0.5) is 17.1 Å². The molecule has 1 nitrogen and oxygen atoms in total. The number of nitrogens with zero attached hydrogens (tertiary/aromatic N) is 1. The summed E-state index contributed by atoms with van der Waals surface area (Å²) in [5.74, 6) is 0. The predicted octanol–water partition coefficient (Wildman–Crippen LogP) is 13.8. The molecule has 0 amide bonds. The van der Waals surface area contributed by atoms with Crippen molar-refractivity contribution in [2.75, 3.05) is 4.90 Å². The molecule has 10 rings (SSSR count). The molecule has 246 valence electrons. The van der Waals surface area contributed by atoms with E-state index < -0.39 is 0 Å². The number of aryl methyl sites for hydroxylation is 2. The predicted molar refractivity (Wildman–Crippen MR) is 218 cm³/mol. The summed E-state index contributed by atoms with van der Waals surface area (Å²) in [5, 5.41) is 7.90. The van der Waals surface area contributed by atoms with Crippen LogP contribution >= 0.6 is 0 Å². The van der Waals surface area contributed by atoms with Crippen molar-refractivity contribution in [3.63, 3.8) is 0 Å². The Bertz CT molecular complexity index is 2760. The fourth-order valence-electron chi connectivity index (χ4n) is 9.85. The first-order chi connectivity index (χ1) is 24.6. The third-order valence-electron chi connectivity index (χ3n) is 12.2. The van der Waals surface area contributed by atoms with Crippen LogP contribution in [-0.4, -0.2) is 0 Å². The normalized spacial score (nSPS) is 14.8. The lowest BCUT2D eigenvalue weighted by Crippen LogP contribution is -2.17. The van der Waals surface area contributed by atoms with E-state index in [9.17, 15) is 0 Å². The van der Waals surface area contributed by atoms with Crippen molar-refractivity contribution < 1.29 is 0 Å². The molecule has 0 bridgehead atoms. The first-order valence-electron chi connectivity index (χ1n) is 18.3. The van der Waals surface area contributed by atoms with Gasteiger partial charge in [-0.2, -0.15) is 0 Å². The summed E-state index contributed by atoms with van der Waals surface area (Å²) in [4.78, 5) is 2.50. The molecule has 0 aliphatic heterocycles. The maximum absolute atomic E-state index is 2.50. The lowest BCUT2D eigenvalue weighted by Gasteiger charge is -2.31. The highest BCUT2D eigenvalue weighted by Crippen LogP contribution is 2.55. The zero-order chi connectivity index (χ0) is 34.8. The minimum Gasteiger partial charge on any atom is -0.310 e. The van der Waals surface area contributed by atoms with Gasteiger partial charge in [-0.3, -0.25) is 0 Å². The second kappa shape index (κ2) is 10.4. The molecule has 2 aliphatic carbocycles. The SMILES string of the molecule is Cc1cccc(C)c1N(c1ccc2c(c1)C(C)(C)c1ccc3ccccc3c1-2)c1ccc2c3c(ccc2c1)-c1ccc2ccccc2c1C3(C)C. The molecule has 0 saturated carbocycles. The molecular weight excluding hydrogens is 615 g/mol. The van der Waals surface area contributed by atoms with Crippen LogP contribution in [0.5, 0.6) is 0 Å². The highest BCUT2D eigenvalue weighted by molar-refractivity contribution is 6.05.